The molecule has 0 saturated carbocycles. The van der Waals surface area contributed by atoms with E-state index < -0.39 is 10.8 Å². The van der Waals surface area contributed by atoms with Crippen molar-refractivity contribution < 1.29 is 30.9 Å². The third-order valence-corrected chi connectivity index (χ3v) is 9.64. The van der Waals surface area contributed by atoms with Crippen LogP contribution in [0, 0.1) is 12.7 Å². The highest BCUT2D eigenvalue weighted by atomic mass is 35.5. The number of hydrogen-bond donors (Lipinski definition) is 1. The first kappa shape index (κ1) is 28.5. The van der Waals surface area contributed by atoms with Crippen LogP contribution in [0.25, 0.3) is 17.0 Å². The van der Waals surface area contributed by atoms with E-state index in [-0.39, 0.29) is 24.0 Å². The number of nitrogens with one attached hydrogen (secondary N) is 1. The molecule has 1 N–H and O–H groups in total. The van der Waals surface area contributed by atoms with Gasteiger partial charge >= 0.3 is 5.95 Å². The molecule has 2 heterocycles. The molecule has 1 aliphatic carbocycles. The summed E-state index contributed by atoms with van der Waals surface area (Å²) in [6.45, 7) is 10.1. The zero-order valence-electron chi connectivity index (χ0n) is 22.3. The van der Waals surface area contributed by atoms with E-state index in [9.17, 15) is 9.18 Å². The van der Waals surface area contributed by atoms with Crippen molar-refractivity contribution >= 4 is 38.4 Å². The Hall–Kier alpha value is -2.55. The number of carbonyl (C=O) groups excluding carboxylic acids is 1. The zero-order valence-corrected chi connectivity index (χ0v) is 24.7. The van der Waals surface area contributed by atoms with Crippen LogP contribution in [0.4, 0.5) is 4.39 Å². The summed E-state index contributed by atoms with van der Waals surface area (Å²) in [4.78, 5) is 21.5. The summed E-state index contributed by atoms with van der Waals surface area (Å²) in [5.74, 6) is 3.09. The van der Waals surface area contributed by atoms with Crippen molar-refractivity contribution in [3.05, 3.63) is 82.4 Å². The number of fused-ring (bicyclic) bond motifs is 2. The van der Waals surface area contributed by atoms with Crippen molar-refractivity contribution in [2.24, 2.45) is 0 Å². The average Bonchev–Trinajstić information content (AvgIpc) is 3.34. The van der Waals surface area contributed by atoms with Gasteiger partial charge in [0.2, 0.25) is 0 Å². The smallest absolute Gasteiger partial charge is 0.402 e. The van der Waals surface area contributed by atoms with Crippen LogP contribution in [-0.4, -0.2) is 22.9 Å². The molecule has 0 saturated heterocycles. The van der Waals surface area contributed by atoms with E-state index in [1.165, 1.54) is 12.1 Å². The van der Waals surface area contributed by atoms with E-state index >= 15 is 0 Å². The number of ether oxygens (including phenoxy) is 1. The highest BCUT2D eigenvalue weighted by Gasteiger charge is 2.50. The first-order valence-electron chi connectivity index (χ1n) is 12.2. The van der Waals surface area contributed by atoms with Gasteiger partial charge in [-0.1, -0.05) is 38.7 Å². The highest BCUT2D eigenvalue weighted by molar-refractivity contribution is 8.76. The van der Waals surface area contributed by atoms with Crippen molar-refractivity contribution in [2.75, 3.05) is 7.11 Å². The molecule has 0 unspecified atom stereocenters. The molecule has 0 atom stereocenters. The third kappa shape index (κ3) is 4.82. The number of pyridine rings is 1. The van der Waals surface area contributed by atoms with Crippen LogP contribution in [0.1, 0.15) is 55.6 Å². The van der Waals surface area contributed by atoms with Crippen LogP contribution in [-0.2, 0) is 27.1 Å². The Kier molecular flexibility index (Phi) is 7.90. The molecule has 0 spiro atoms. The van der Waals surface area contributed by atoms with Crippen LogP contribution in [0.15, 0.2) is 48.7 Å². The van der Waals surface area contributed by atoms with Crippen LogP contribution in [0.3, 0.4) is 0 Å². The minimum Gasteiger partial charge on any atom is -1.00 e. The van der Waals surface area contributed by atoms with E-state index in [1.807, 2.05) is 52.1 Å². The van der Waals surface area contributed by atoms with Gasteiger partial charge in [-0.05, 0) is 75.6 Å². The Labute approximate surface area is 236 Å². The molecule has 0 radical (unpaired) electrons. The minimum atomic E-state index is -0.542. The van der Waals surface area contributed by atoms with Crippen molar-refractivity contribution in [1.29, 1.82) is 0 Å². The summed E-state index contributed by atoms with van der Waals surface area (Å²) in [6, 6.07) is 12.8. The first-order chi connectivity index (χ1) is 17.5. The number of rotatable bonds is 7. The Morgan fingerprint density at radius 1 is 1.00 bits per heavy atom. The van der Waals surface area contributed by atoms with E-state index in [0.717, 1.165) is 62.2 Å². The van der Waals surface area contributed by atoms with Gasteiger partial charge in [-0.3, -0.25) is 4.79 Å². The van der Waals surface area contributed by atoms with Gasteiger partial charge in [0, 0.05) is 28.2 Å². The number of halogens is 2. The van der Waals surface area contributed by atoms with Crippen LogP contribution < -0.4 is 21.7 Å². The number of nitrogens with zero attached hydrogens (tertiary/aromatic N) is 2. The molecule has 0 amide bonds. The number of Topliss-reactive ketones (excluding diaryl/α,β-unsaturated/α-hetero) is 1. The number of imidazole rings is 1. The second-order valence-electron chi connectivity index (χ2n) is 10.5. The zero-order chi connectivity index (χ0) is 26.5. The van der Waals surface area contributed by atoms with Gasteiger partial charge in [0.25, 0.3) is 0 Å². The number of hydrogen-bond acceptors (Lipinski definition) is 5. The largest absolute Gasteiger partial charge is 1.00 e. The van der Waals surface area contributed by atoms with Crippen molar-refractivity contribution in [3.8, 4) is 11.7 Å². The number of benzene rings is 2. The molecule has 2 aromatic heterocycles. The summed E-state index contributed by atoms with van der Waals surface area (Å²) in [5, 5.41) is 0. The normalized spacial score (nSPS) is 15.4. The molecule has 2 aromatic carbocycles. The lowest BCUT2D eigenvalue weighted by Crippen LogP contribution is -3.00. The van der Waals surface area contributed by atoms with Crippen LogP contribution in [0.2, 0.25) is 0 Å². The van der Waals surface area contributed by atoms with Crippen LogP contribution >= 0.6 is 21.6 Å². The Morgan fingerprint density at radius 2 is 1.63 bits per heavy atom. The van der Waals surface area contributed by atoms with Gasteiger partial charge in [-0.15, -0.1) is 0 Å². The molecule has 5 rings (SSSR count). The highest BCUT2D eigenvalue weighted by Crippen LogP contribution is 2.47. The first-order valence-corrected chi connectivity index (χ1v) is 14.7. The molecule has 0 bridgehead atoms. The Bertz CT molecular complexity index is 1460. The number of methoxy groups -OCH3 is 1. The second-order valence-corrected chi connectivity index (χ2v) is 13.0. The van der Waals surface area contributed by atoms with Gasteiger partial charge < -0.3 is 17.1 Å². The lowest BCUT2D eigenvalue weighted by molar-refractivity contribution is -0.610. The van der Waals surface area contributed by atoms with Gasteiger partial charge in [0.15, 0.2) is 11.3 Å². The van der Waals surface area contributed by atoms with Crippen molar-refractivity contribution in [1.82, 2.24) is 9.97 Å². The fourth-order valence-electron chi connectivity index (χ4n) is 5.28. The Morgan fingerprint density at radius 3 is 2.29 bits per heavy atom. The van der Waals surface area contributed by atoms with E-state index in [1.54, 1.807) is 28.7 Å². The SMILES string of the molecule is COc1cc[n+](-c2nc3cc4c(cc3[nH]2)C(C)(C)C(=O)C4(C)C)c(CSSCc2ccc(F)cc2)c1C.[Cl-]. The summed E-state index contributed by atoms with van der Waals surface area (Å²) in [5.41, 5.74) is 6.02. The van der Waals surface area contributed by atoms with Gasteiger partial charge in [-0.25, -0.2) is 13.9 Å². The summed E-state index contributed by atoms with van der Waals surface area (Å²) in [7, 11) is 5.15. The lowest BCUT2D eigenvalue weighted by Gasteiger charge is -2.21. The molecule has 5 nitrogen and oxygen atoms in total. The summed E-state index contributed by atoms with van der Waals surface area (Å²) < 4.78 is 20.9. The number of H-pyrrole nitrogens is 1. The molecular weight excluding hydrogens is 541 g/mol. The molecule has 38 heavy (non-hydrogen) atoms. The number of aromatic nitrogens is 3. The van der Waals surface area contributed by atoms with E-state index in [0.29, 0.717) is 0 Å². The summed E-state index contributed by atoms with van der Waals surface area (Å²) in [6.07, 6.45) is 1.98. The molecular formula is C29H31ClFN3O2S2. The van der Waals surface area contributed by atoms with Gasteiger partial charge in [-0.2, -0.15) is 0 Å². The molecule has 0 fully saturated rings. The molecule has 1 aliphatic rings. The quantitative estimate of drug-likeness (QED) is 0.209. The third-order valence-electron chi connectivity index (χ3n) is 7.42. The predicted octanol–water partition coefficient (Wildman–Crippen LogP) is 3.52. The number of carbonyl (C=O) groups is 1. The maximum absolute atomic E-state index is 13.2. The predicted molar refractivity (Wildman–Crippen MR) is 149 cm³/mol. The Balaban J connectivity index is 0.00000336. The van der Waals surface area contributed by atoms with Crippen LogP contribution in [0.5, 0.6) is 5.75 Å². The summed E-state index contributed by atoms with van der Waals surface area (Å²) >= 11 is 0. The van der Waals surface area contributed by atoms with Crippen molar-refractivity contribution in [3.63, 3.8) is 0 Å². The fourth-order valence-corrected chi connectivity index (χ4v) is 7.49. The average molecular weight is 572 g/mol. The number of ketones is 1. The molecule has 200 valence electrons. The molecule has 9 heteroatoms. The number of aromatic amines is 1. The minimum absolute atomic E-state index is 0. The van der Waals surface area contributed by atoms with Crippen molar-refractivity contribution in [2.45, 2.75) is 57.0 Å². The monoisotopic (exact) mass is 571 g/mol. The lowest BCUT2D eigenvalue weighted by atomic mass is 9.80. The van der Waals surface area contributed by atoms with E-state index in [2.05, 4.69) is 28.6 Å². The molecule has 4 aromatic rings. The standard InChI is InChI=1S/C29H31FN3O2S2.ClH/c1-17-24(16-37-36-15-18-7-9-19(30)10-8-18)33(12-11-25(17)35-6)27-31-22-13-20-21(14-23(22)32-27)29(4,5)26(34)28(20,2)3;/h7-14H,15-16H2,1-6H3,(H,31,32);1H/q+1;/p-1. The maximum Gasteiger partial charge on any atom is 0.402 e. The van der Waals surface area contributed by atoms with E-state index in [4.69, 9.17) is 9.72 Å². The fraction of sp³-hybridized carbons (Fsp3) is 0.345. The maximum atomic E-state index is 13.2. The van der Waals surface area contributed by atoms with Gasteiger partial charge in [0.1, 0.15) is 22.8 Å². The van der Waals surface area contributed by atoms with Gasteiger partial charge in [0.05, 0.1) is 19.1 Å². The second kappa shape index (κ2) is 10.5. The topological polar surface area (TPSA) is 58.9 Å². The molecule has 0 aliphatic heterocycles.